The van der Waals surface area contributed by atoms with Gasteiger partial charge in [0, 0.05) is 131 Å². The molecule has 4 heteroatoms. The van der Waals surface area contributed by atoms with Gasteiger partial charge in [-0.1, -0.05) is 13.8 Å². The van der Waals surface area contributed by atoms with E-state index in [1.807, 2.05) is 13.8 Å². The smallest absolute Gasteiger partial charge is 0 e. The maximum atomic E-state index is 2.00. The zero-order valence-electron chi connectivity index (χ0n) is 7.31. The monoisotopic (exact) mass is 431 g/mol. The van der Waals surface area contributed by atoms with E-state index in [-0.39, 0.29) is 153 Å². The summed E-state index contributed by atoms with van der Waals surface area (Å²) in [6, 6.07) is 0. The van der Waals surface area contributed by atoms with Gasteiger partial charge < -0.3 is 22.3 Å². The summed E-state index contributed by atoms with van der Waals surface area (Å²) in [5.74, 6) is 0. The molecule has 0 unspecified atom stereocenters. The summed E-state index contributed by atoms with van der Waals surface area (Å²) in [7, 11) is 0. The molecule has 0 rings (SSSR count). The van der Waals surface area contributed by atoms with Crippen LogP contribution in [0.25, 0.3) is 0 Å². The van der Waals surface area contributed by atoms with Crippen molar-refractivity contribution in [1.29, 1.82) is 0 Å². The second-order valence-electron chi connectivity index (χ2n) is 0. The summed E-state index contributed by atoms with van der Waals surface area (Å²) in [5.41, 5.74) is 0. The molecule has 0 spiro atoms. The molecule has 0 aliphatic heterocycles. The van der Waals surface area contributed by atoms with Crippen molar-refractivity contribution in [2.24, 2.45) is 0 Å². The zero-order valence-corrected chi connectivity index (χ0v) is 18.7. The second kappa shape index (κ2) is 83.0. The molecule has 0 saturated carbocycles. The molecule has 0 aromatic heterocycles. The fraction of sp³-hybridized carbons (Fsp3) is 0.400. The third-order valence-electron chi connectivity index (χ3n) is 0. The number of hydrogen-bond acceptors (Lipinski definition) is 0. The molecule has 0 bridgehead atoms. The van der Waals surface area contributed by atoms with Crippen LogP contribution >= 0.6 is 0 Å². The average molecular weight is 431 g/mol. The summed E-state index contributed by atoms with van der Waals surface area (Å²) in [6.45, 7) is 4.00. The van der Waals surface area contributed by atoms with Crippen molar-refractivity contribution in [2.45, 2.75) is 13.8 Å². The van der Waals surface area contributed by atoms with Crippen LogP contribution in [0, 0.1) is 22.3 Å². The molecule has 0 fully saturated rings. The summed E-state index contributed by atoms with van der Waals surface area (Å²) in [5, 5.41) is 0. The minimum absolute atomic E-state index is 0. The van der Waals surface area contributed by atoms with Crippen molar-refractivity contribution >= 4 is 0 Å². The molecule has 0 nitrogen and oxygen atoms in total. The summed E-state index contributed by atoms with van der Waals surface area (Å²) in [6.07, 6.45) is 0. The van der Waals surface area contributed by atoms with E-state index in [1.165, 1.54) is 0 Å². The molecule has 4 radical (unpaired) electrons. The van der Waals surface area contributed by atoms with Crippen LogP contribution in [0.3, 0.4) is 0 Å². The fourth-order valence-electron chi connectivity index (χ4n) is 0. The quantitative estimate of drug-likeness (QED) is 0.518. The minimum Gasteiger partial charge on any atom is -0.358 e. The van der Waals surface area contributed by atoms with Gasteiger partial charge in [0.05, 0.1) is 0 Å². The topological polar surface area (TPSA) is 0 Å². The fourth-order valence-corrected chi connectivity index (χ4v) is 0. The van der Waals surface area contributed by atoms with Crippen molar-refractivity contribution in [3.05, 3.63) is 22.3 Å². The Bertz CT molecular complexity index is 8.92. The van der Waals surface area contributed by atoms with Gasteiger partial charge >= 0.3 is 0 Å². The molecule has 0 amide bonds. The summed E-state index contributed by atoms with van der Waals surface area (Å²) < 4.78 is 0. The standard InChI is InChI=1S/C2H6.3CH3.4Y/c1-2;;;;;;;/h1-2H3;3*1H3;;;;/q;3*-1;;;;. The van der Waals surface area contributed by atoms with Crippen molar-refractivity contribution < 1.29 is 131 Å². The van der Waals surface area contributed by atoms with E-state index < -0.39 is 0 Å². The van der Waals surface area contributed by atoms with Gasteiger partial charge in [0.1, 0.15) is 0 Å². The van der Waals surface area contributed by atoms with Crippen LogP contribution in [0.1, 0.15) is 13.8 Å². The average Bonchev–Trinajstić information content (AvgIpc) is 1.00. The molecule has 0 N–H and O–H groups in total. The molecule has 0 aromatic rings. The molecular weight excluding hydrogens is 416 g/mol. The molecule has 0 heterocycles. The van der Waals surface area contributed by atoms with E-state index in [1.54, 1.807) is 0 Å². The molecule has 9 heavy (non-hydrogen) atoms. The van der Waals surface area contributed by atoms with E-state index in [9.17, 15) is 0 Å². The molecule has 0 aliphatic rings. The van der Waals surface area contributed by atoms with Crippen molar-refractivity contribution in [2.75, 3.05) is 0 Å². The van der Waals surface area contributed by atoms with Crippen LogP contribution in [-0.2, 0) is 131 Å². The van der Waals surface area contributed by atoms with E-state index in [0.717, 1.165) is 0 Å². The van der Waals surface area contributed by atoms with E-state index in [2.05, 4.69) is 0 Å². The Kier molecular flexibility index (Phi) is 650. The molecular formula is C5H15Y4-3. The maximum Gasteiger partial charge on any atom is 0 e. The predicted octanol–water partition coefficient (Wildman–Crippen LogP) is 2.37. The Morgan fingerprint density at radius 3 is 0.444 bits per heavy atom. The number of hydrogen-bond donors (Lipinski definition) is 0. The van der Waals surface area contributed by atoms with Gasteiger partial charge in [-0.2, -0.15) is 0 Å². The van der Waals surface area contributed by atoms with Gasteiger partial charge in [0.15, 0.2) is 0 Å². The van der Waals surface area contributed by atoms with Crippen LogP contribution in [0.2, 0.25) is 0 Å². The Hall–Kier alpha value is 4.42. The van der Waals surface area contributed by atoms with E-state index in [4.69, 9.17) is 0 Å². The largest absolute Gasteiger partial charge is 0.358 e. The molecule has 0 saturated heterocycles. The van der Waals surface area contributed by atoms with Crippen molar-refractivity contribution in [3.63, 3.8) is 0 Å². The Balaban J connectivity index is -0.000000000238. The summed E-state index contributed by atoms with van der Waals surface area (Å²) in [4.78, 5) is 0. The van der Waals surface area contributed by atoms with Crippen LogP contribution in [0.4, 0.5) is 0 Å². The zero-order chi connectivity index (χ0) is 2.00. The first-order valence-electron chi connectivity index (χ1n) is 1.00. The molecule has 0 aliphatic carbocycles. The van der Waals surface area contributed by atoms with Crippen LogP contribution in [0.5, 0.6) is 0 Å². The van der Waals surface area contributed by atoms with Crippen molar-refractivity contribution in [3.8, 4) is 0 Å². The number of rotatable bonds is 0. The van der Waals surface area contributed by atoms with E-state index >= 15 is 0 Å². The first kappa shape index (κ1) is 70.5. The Morgan fingerprint density at radius 2 is 0.444 bits per heavy atom. The molecule has 0 aromatic carbocycles. The maximum absolute atomic E-state index is 2.00. The van der Waals surface area contributed by atoms with Crippen LogP contribution in [-0.4, -0.2) is 0 Å². The van der Waals surface area contributed by atoms with Crippen molar-refractivity contribution in [1.82, 2.24) is 0 Å². The normalized spacial score (nSPS) is 0.667. The summed E-state index contributed by atoms with van der Waals surface area (Å²) >= 11 is 0. The molecule has 0 atom stereocenters. The van der Waals surface area contributed by atoms with Gasteiger partial charge in [-0.15, -0.1) is 0 Å². The minimum atomic E-state index is 0. The van der Waals surface area contributed by atoms with Gasteiger partial charge in [-0.3, -0.25) is 0 Å². The van der Waals surface area contributed by atoms with E-state index in [0.29, 0.717) is 0 Å². The Morgan fingerprint density at radius 1 is 0.444 bits per heavy atom. The van der Waals surface area contributed by atoms with Crippen LogP contribution in [0.15, 0.2) is 0 Å². The van der Waals surface area contributed by atoms with Gasteiger partial charge in [0.25, 0.3) is 0 Å². The van der Waals surface area contributed by atoms with Crippen LogP contribution < -0.4 is 0 Å². The van der Waals surface area contributed by atoms with Gasteiger partial charge in [-0.05, 0) is 0 Å². The predicted molar refractivity (Wildman–Crippen MR) is 30.6 cm³/mol. The Labute approximate surface area is 163 Å². The van der Waals surface area contributed by atoms with Gasteiger partial charge in [0.2, 0.25) is 0 Å². The molecule has 50 valence electrons. The second-order valence-corrected chi connectivity index (χ2v) is 0. The first-order chi connectivity index (χ1) is 1.00. The third-order valence-corrected chi connectivity index (χ3v) is 0. The SMILES string of the molecule is CC.[CH3-].[CH3-].[CH3-].[Y].[Y].[Y].[Y]. The third kappa shape index (κ3) is 69.1. The van der Waals surface area contributed by atoms with Gasteiger partial charge in [-0.25, -0.2) is 0 Å². The first-order valence-corrected chi connectivity index (χ1v) is 1.00.